The van der Waals surface area contributed by atoms with Crippen molar-refractivity contribution in [2.75, 3.05) is 0 Å². The highest BCUT2D eigenvalue weighted by atomic mass is 16.3. The van der Waals surface area contributed by atoms with E-state index in [0.29, 0.717) is 10.8 Å². The van der Waals surface area contributed by atoms with Crippen LogP contribution in [0.25, 0.3) is 0 Å². The molecule has 0 atom stereocenters. The fraction of sp³-hybridized carbons (Fsp3) is 0.778. The Balaban J connectivity index is 2.42. The monoisotopic (exact) mass is 404 g/mol. The highest BCUT2D eigenvalue weighted by molar-refractivity contribution is 5.49. The van der Waals surface area contributed by atoms with Crippen LogP contribution in [-0.4, -0.2) is 10.2 Å². The van der Waals surface area contributed by atoms with Crippen LogP contribution in [0.15, 0.2) is 12.1 Å². The molecule has 29 heavy (non-hydrogen) atoms. The highest BCUT2D eigenvalue weighted by Crippen LogP contribution is 2.34. The Morgan fingerprint density at radius 1 is 0.690 bits per heavy atom. The minimum absolute atomic E-state index is 0.0262. The highest BCUT2D eigenvalue weighted by Gasteiger charge is 2.15. The third kappa shape index (κ3) is 11.0. The van der Waals surface area contributed by atoms with Gasteiger partial charge in [0.1, 0.15) is 0 Å². The number of phenolic OH excluding ortho intramolecular Hbond substituents is 2. The Morgan fingerprint density at radius 2 is 1.24 bits per heavy atom. The van der Waals surface area contributed by atoms with Crippen LogP contribution in [-0.2, 0) is 12.8 Å². The number of benzene rings is 1. The number of aryl methyl sites for hydroxylation is 1. The van der Waals surface area contributed by atoms with Crippen molar-refractivity contribution < 1.29 is 10.2 Å². The SMILES string of the molecule is CCC(C)(C)CCCCCCc1ccc(O)c(O)c1CCCCCCC(C)(C)C. The van der Waals surface area contributed by atoms with Gasteiger partial charge in [0, 0.05) is 5.56 Å². The molecule has 0 aromatic heterocycles. The molecule has 0 bridgehead atoms. The first-order chi connectivity index (χ1) is 13.6. The third-order valence-electron chi connectivity index (χ3n) is 6.47. The summed E-state index contributed by atoms with van der Waals surface area (Å²) in [4.78, 5) is 0. The lowest BCUT2D eigenvalue weighted by Gasteiger charge is -2.22. The van der Waals surface area contributed by atoms with Crippen LogP contribution in [0.3, 0.4) is 0 Å². The maximum absolute atomic E-state index is 10.4. The number of phenols is 2. The lowest BCUT2D eigenvalue weighted by Crippen LogP contribution is -2.08. The van der Waals surface area contributed by atoms with E-state index in [0.717, 1.165) is 31.2 Å². The van der Waals surface area contributed by atoms with Crippen molar-refractivity contribution in [2.24, 2.45) is 10.8 Å². The molecule has 0 heterocycles. The summed E-state index contributed by atoms with van der Waals surface area (Å²) in [7, 11) is 0. The molecule has 0 saturated carbocycles. The number of unbranched alkanes of at least 4 members (excludes halogenated alkanes) is 6. The summed E-state index contributed by atoms with van der Waals surface area (Å²) >= 11 is 0. The maximum Gasteiger partial charge on any atom is 0.160 e. The second-order valence-electron chi connectivity index (χ2n) is 11.0. The zero-order valence-electron chi connectivity index (χ0n) is 20.2. The molecule has 0 radical (unpaired) electrons. The van der Waals surface area contributed by atoms with Crippen molar-refractivity contribution in [1.29, 1.82) is 0 Å². The summed E-state index contributed by atoms with van der Waals surface area (Å²) in [5.74, 6) is 0.139. The van der Waals surface area contributed by atoms with Gasteiger partial charge in [0.15, 0.2) is 11.5 Å². The zero-order valence-corrected chi connectivity index (χ0v) is 20.2. The average Bonchev–Trinajstić information content (AvgIpc) is 2.64. The largest absolute Gasteiger partial charge is 0.504 e. The first-order valence-corrected chi connectivity index (χ1v) is 12.1. The Labute approximate surface area is 181 Å². The average molecular weight is 405 g/mol. The molecule has 2 N–H and O–H groups in total. The van der Waals surface area contributed by atoms with E-state index in [4.69, 9.17) is 0 Å². The predicted octanol–water partition coefficient (Wildman–Crippen LogP) is 8.57. The van der Waals surface area contributed by atoms with Gasteiger partial charge >= 0.3 is 0 Å². The maximum atomic E-state index is 10.4. The molecule has 0 unspecified atom stereocenters. The molecule has 0 aliphatic rings. The summed E-state index contributed by atoms with van der Waals surface area (Å²) in [6, 6.07) is 3.67. The third-order valence-corrected chi connectivity index (χ3v) is 6.47. The molecule has 0 aliphatic carbocycles. The molecule has 1 rings (SSSR count). The van der Waals surface area contributed by atoms with Gasteiger partial charge in [-0.15, -0.1) is 0 Å². The molecule has 0 fully saturated rings. The molecule has 168 valence electrons. The van der Waals surface area contributed by atoms with Gasteiger partial charge in [-0.2, -0.15) is 0 Å². The summed E-state index contributed by atoms with van der Waals surface area (Å²) in [5, 5.41) is 20.3. The van der Waals surface area contributed by atoms with Crippen molar-refractivity contribution in [3.05, 3.63) is 23.3 Å². The molecule has 1 aromatic rings. The lowest BCUT2D eigenvalue weighted by atomic mass is 9.84. The predicted molar refractivity (Wildman–Crippen MR) is 127 cm³/mol. The Bertz CT molecular complexity index is 581. The van der Waals surface area contributed by atoms with Gasteiger partial charge < -0.3 is 10.2 Å². The van der Waals surface area contributed by atoms with Gasteiger partial charge in [-0.3, -0.25) is 0 Å². The topological polar surface area (TPSA) is 40.5 Å². The van der Waals surface area contributed by atoms with E-state index in [9.17, 15) is 10.2 Å². The molecular formula is C27H48O2. The smallest absolute Gasteiger partial charge is 0.160 e. The van der Waals surface area contributed by atoms with Crippen LogP contribution in [0.5, 0.6) is 11.5 Å². The van der Waals surface area contributed by atoms with Crippen LogP contribution in [0.1, 0.15) is 123 Å². The summed E-state index contributed by atoms with van der Waals surface area (Å²) < 4.78 is 0. The van der Waals surface area contributed by atoms with Crippen LogP contribution in [0, 0.1) is 10.8 Å². The fourth-order valence-electron chi connectivity index (χ4n) is 3.94. The summed E-state index contributed by atoms with van der Waals surface area (Å²) in [6.45, 7) is 13.9. The Kier molecular flexibility index (Phi) is 11.1. The zero-order chi connectivity index (χ0) is 21.9. The van der Waals surface area contributed by atoms with Gasteiger partial charge in [-0.1, -0.05) is 92.6 Å². The van der Waals surface area contributed by atoms with Gasteiger partial charge in [0.2, 0.25) is 0 Å². The second-order valence-corrected chi connectivity index (χ2v) is 11.0. The first-order valence-electron chi connectivity index (χ1n) is 12.1. The van der Waals surface area contributed by atoms with Crippen molar-refractivity contribution in [3.8, 4) is 11.5 Å². The van der Waals surface area contributed by atoms with Crippen molar-refractivity contribution >= 4 is 0 Å². The molecular weight excluding hydrogens is 356 g/mol. The second kappa shape index (κ2) is 12.5. The molecule has 0 amide bonds. The summed E-state index contributed by atoms with van der Waals surface area (Å²) in [6.07, 6.45) is 15.5. The van der Waals surface area contributed by atoms with E-state index < -0.39 is 0 Å². The summed E-state index contributed by atoms with van der Waals surface area (Å²) in [5.41, 5.74) is 3.10. The van der Waals surface area contributed by atoms with Gasteiger partial charge in [-0.25, -0.2) is 0 Å². The van der Waals surface area contributed by atoms with Gasteiger partial charge in [0.05, 0.1) is 0 Å². The molecule has 2 heteroatoms. The van der Waals surface area contributed by atoms with Crippen molar-refractivity contribution in [2.45, 2.75) is 125 Å². The van der Waals surface area contributed by atoms with E-state index in [2.05, 4.69) is 41.5 Å². The van der Waals surface area contributed by atoms with Crippen molar-refractivity contribution in [1.82, 2.24) is 0 Å². The minimum Gasteiger partial charge on any atom is -0.504 e. The van der Waals surface area contributed by atoms with E-state index in [1.807, 2.05) is 6.07 Å². The van der Waals surface area contributed by atoms with E-state index in [1.54, 1.807) is 6.07 Å². The standard InChI is InChI=1S/C27H48O2/c1-7-27(5,6)21-15-11-8-12-16-22-18-19-24(28)25(29)23(22)17-13-9-10-14-20-26(2,3)4/h18-19,28-29H,7-17,20-21H2,1-6H3. The molecule has 0 spiro atoms. The minimum atomic E-state index is 0.0262. The molecule has 2 nitrogen and oxygen atoms in total. The van der Waals surface area contributed by atoms with Crippen LogP contribution in [0.4, 0.5) is 0 Å². The first kappa shape index (κ1) is 25.9. The molecule has 1 aromatic carbocycles. The quantitative estimate of drug-likeness (QED) is 0.241. The Hall–Kier alpha value is -1.18. The van der Waals surface area contributed by atoms with Crippen LogP contribution in [0.2, 0.25) is 0 Å². The number of hydrogen-bond acceptors (Lipinski definition) is 2. The fourth-order valence-corrected chi connectivity index (χ4v) is 3.94. The molecule has 0 saturated heterocycles. The normalized spacial score (nSPS) is 12.5. The van der Waals surface area contributed by atoms with Gasteiger partial charge in [-0.05, 0) is 61.0 Å². The number of hydrogen-bond donors (Lipinski definition) is 2. The number of aromatic hydroxyl groups is 2. The lowest BCUT2D eigenvalue weighted by molar-refractivity contribution is 0.307. The van der Waals surface area contributed by atoms with Gasteiger partial charge in [0.25, 0.3) is 0 Å². The number of rotatable bonds is 14. The van der Waals surface area contributed by atoms with Crippen LogP contribution >= 0.6 is 0 Å². The Morgan fingerprint density at radius 3 is 1.83 bits per heavy atom. The van der Waals surface area contributed by atoms with Crippen molar-refractivity contribution in [3.63, 3.8) is 0 Å². The van der Waals surface area contributed by atoms with E-state index >= 15 is 0 Å². The van der Waals surface area contributed by atoms with Crippen LogP contribution < -0.4 is 0 Å². The van der Waals surface area contributed by atoms with E-state index in [1.165, 1.54) is 63.4 Å². The molecule has 0 aliphatic heterocycles. The van der Waals surface area contributed by atoms with E-state index in [-0.39, 0.29) is 11.5 Å².